The fraction of sp³-hybridized carbons (Fsp3) is 0.290. The maximum atomic E-state index is 15.7. The van der Waals surface area contributed by atoms with Gasteiger partial charge >= 0.3 is 5.97 Å². The van der Waals surface area contributed by atoms with Gasteiger partial charge in [0.05, 0.1) is 38.9 Å². The summed E-state index contributed by atoms with van der Waals surface area (Å²) in [6, 6.07) is 11.8. The van der Waals surface area contributed by atoms with Crippen molar-refractivity contribution in [3.8, 4) is 23.0 Å². The molecule has 0 amide bonds. The Bertz CT molecular complexity index is 1760. The van der Waals surface area contributed by atoms with Gasteiger partial charge in [0.2, 0.25) is 0 Å². The summed E-state index contributed by atoms with van der Waals surface area (Å²) in [5, 5.41) is 5.09. The average molecular weight is 713 g/mol. The van der Waals surface area contributed by atoms with E-state index in [4.69, 9.17) is 42.1 Å². The van der Waals surface area contributed by atoms with Gasteiger partial charge < -0.3 is 24.3 Å². The molecule has 246 valence electrons. The lowest BCUT2D eigenvalue weighted by Crippen LogP contribution is -2.31. The van der Waals surface area contributed by atoms with Crippen LogP contribution in [0.15, 0.2) is 65.0 Å². The number of carbonyl (C=O) groups is 1. The predicted molar refractivity (Wildman–Crippen MR) is 176 cm³/mol. The van der Waals surface area contributed by atoms with Crippen molar-refractivity contribution < 1.29 is 36.6 Å². The third-order valence-electron chi connectivity index (χ3n) is 6.61. The van der Waals surface area contributed by atoms with Gasteiger partial charge in [-0.15, -0.1) is 11.3 Å². The number of methoxy groups -OCH3 is 2. The molecule has 0 fully saturated rings. The first-order chi connectivity index (χ1) is 22.1. The highest BCUT2D eigenvalue weighted by atomic mass is 35.5. The van der Waals surface area contributed by atoms with Gasteiger partial charge in [0.15, 0.2) is 5.13 Å². The summed E-state index contributed by atoms with van der Waals surface area (Å²) in [5.41, 5.74) is 1.21. The number of rotatable bonds is 16. The van der Waals surface area contributed by atoms with Crippen molar-refractivity contribution in [3.05, 3.63) is 87.1 Å². The second-order valence-corrected chi connectivity index (χ2v) is 13.2. The van der Waals surface area contributed by atoms with Crippen LogP contribution in [0.2, 0.25) is 10.0 Å². The Hall–Kier alpha value is -3.62. The first kappa shape index (κ1) is 35.2. The minimum absolute atomic E-state index is 0.0836. The lowest BCUT2D eigenvalue weighted by Gasteiger charge is -2.23. The highest BCUT2D eigenvalue weighted by Crippen LogP contribution is 2.38. The summed E-state index contributed by atoms with van der Waals surface area (Å²) in [4.78, 5) is 15.0. The summed E-state index contributed by atoms with van der Waals surface area (Å²) in [7, 11) is -1.57. The van der Waals surface area contributed by atoms with Crippen LogP contribution in [0, 0.1) is 5.82 Å². The van der Waals surface area contributed by atoms with Crippen LogP contribution in [0.3, 0.4) is 0 Å². The molecule has 3 aromatic carbocycles. The highest BCUT2D eigenvalue weighted by Gasteiger charge is 2.32. The lowest BCUT2D eigenvalue weighted by atomic mass is 10.1. The number of nitrogens with zero attached hydrogens (tertiary/aromatic N) is 2. The zero-order valence-corrected chi connectivity index (χ0v) is 28.4. The minimum Gasteiger partial charge on any atom is -0.497 e. The standard InChI is InChI=1S/C31H32Cl2FN3O7S2/c1-4-43-30(38)18-35-11-5-6-20-14-22(32)8-10-26(20)44-28-17-25(34)29(16-24(28)33)46(39,40)37(31-36-12-13-45-31)19-21-7-9-23(41-2)15-27(21)42-3/h7-10,12-17,35H,4-6,11,18-19H2,1-3H3. The first-order valence-electron chi connectivity index (χ1n) is 14.0. The number of ether oxygens (including phenoxy) is 4. The molecule has 0 aliphatic rings. The minimum atomic E-state index is -4.52. The molecule has 0 bridgehead atoms. The molecule has 0 saturated heterocycles. The molecule has 15 heteroatoms. The zero-order valence-electron chi connectivity index (χ0n) is 25.2. The van der Waals surface area contributed by atoms with E-state index >= 15 is 4.39 Å². The molecule has 4 rings (SSSR count). The molecule has 0 spiro atoms. The van der Waals surface area contributed by atoms with Gasteiger partial charge in [-0.05, 0) is 68.3 Å². The van der Waals surface area contributed by atoms with Crippen LogP contribution >= 0.6 is 34.5 Å². The van der Waals surface area contributed by atoms with E-state index in [0.29, 0.717) is 59.4 Å². The molecular weight excluding hydrogens is 680 g/mol. The van der Waals surface area contributed by atoms with E-state index in [0.717, 1.165) is 27.8 Å². The molecule has 46 heavy (non-hydrogen) atoms. The molecule has 0 aliphatic carbocycles. The van der Waals surface area contributed by atoms with Crippen molar-refractivity contribution >= 4 is 55.7 Å². The van der Waals surface area contributed by atoms with E-state index in [1.807, 2.05) is 0 Å². The molecule has 1 aromatic heterocycles. The summed E-state index contributed by atoms with van der Waals surface area (Å²) in [6.07, 6.45) is 2.59. The number of halogens is 3. The van der Waals surface area contributed by atoms with Crippen molar-refractivity contribution in [2.75, 3.05) is 38.2 Å². The van der Waals surface area contributed by atoms with Gasteiger partial charge in [0.25, 0.3) is 10.0 Å². The zero-order chi connectivity index (χ0) is 33.3. The highest BCUT2D eigenvalue weighted by molar-refractivity contribution is 7.93. The third-order valence-corrected chi connectivity index (χ3v) is 9.80. The predicted octanol–water partition coefficient (Wildman–Crippen LogP) is 6.88. The Labute approximate surface area is 281 Å². The van der Waals surface area contributed by atoms with Crippen LogP contribution in [-0.2, 0) is 32.5 Å². The summed E-state index contributed by atoms with van der Waals surface area (Å²) in [6.45, 7) is 2.45. The number of aryl methyl sites for hydroxylation is 1. The monoisotopic (exact) mass is 711 g/mol. The normalized spacial score (nSPS) is 11.3. The van der Waals surface area contributed by atoms with Gasteiger partial charge in [-0.1, -0.05) is 23.2 Å². The number of aromatic nitrogens is 1. The molecule has 0 saturated carbocycles. The SMILES string of the molecule is CCOC(=O)CNCCCc1cc(Cl)ccc1Oc1cc(F)c(S(=O)(=O)N(Cc2ccc(OC)cc2OC)c2nccs2)cc1Cl. The van der Waals surface area contributed by atoms with Crippen molar-refractivity contribution in [1.29, 1.82) is 0 Å². The fourth-order valence-electron chi connectivity index (χ4n) is 4.40. The van der Waals surface area contributed by atoms with E-state index in [1.54, 1.807) is 48.7 Å². The van der Waals surface area contributed by atoms with Gasteiger partial charge in [0, 0.05) is 34.3 Å². The number of nitrogens with one attached hydrogen (secondary N) is 1. The quantitative estimate of drug-likeness (QED) is 0.0981. The van der Waals surface area contributed by atoms with Crippen molar-refractivity contribution in [3.63, 3.8) is 0 Å². The number of anilines is 1. The number of hydrogen-bond acceptors (Lipinski definition) is 10. The number of thiazole rings is 1. The molecule has 4 aromatic rings. The molecule has 1 N–H and O–H groups in total. The summed E-state index contributed by atoms with van der Waals surface area (Å²) in [5.74, 6) is -0.227. The summed E-state index contributed by atoms with van der Waals surface area (Å²) < 4.78 is 66.2. The molecule has 0 radical (unpaired) electrons. The molecule has 1 heterocycles. The van der Waals surface area contributed by atoms with E-state index in [9.17, 15) is 13.2 Å². The van der Waals surface area contributed by atoms with E-state index in [1.165, 1.54) is 20.4 Å². The Kier molecular flexibility index (Phi) is 12.5. The number of carbonyl (C=O) groups excluding carboxylic acids is 1. The van der Waals surface area contributed by atoms with Crippen LogP contribution in [-0.4, -0.2) is 53.3 Å². The van der Waals surface area contributed by atoms with Crippen molar-refractivity contribution in [2.24, 2.45) is 0 Å². The second kappa shape index (κ2) is 16.3. The maximum Gasteiger partial charge on any atom is 0.319 e. The fourth-order valence-corrected chi connectivity index (χ4v) is 7.21. The molecular formula is C31H32Cl2FN3O7S2. The Morgan fingerprint density at radius 1 is 1.02 bits per heavy atom. The Balaban J connectivity index is 1.58. The average Bonchev–Trinajstić information content (AvgIpc) is 3.57. The Morgan fingerprint density at radius 3 is 2.52 bits per heavy atom. The van der Waals surface area contributed by atoms with Crippen LogP contribution < -0.4 is 23.8 Å². The number of benzene rings is 3. The molecule has 0 atom stereocenters. The Morgan fingerprint density at radius 2 is 1.83 bits per heavy atom. The largest absolute Gasteiger partial charge is 0.497 e. The van der Waals surface area contributed by atoms with Crippen LogP contribution in [0.1, 0.15) is 24.5 Å². The van der Waals surface area contributed by atoms with E-state index in [2.05, 4.69) is 10.3 Å². The molecule has 0 unspecified atom stereocenters. The second-order valence-electron chi connectivity index (χ2n) is 9.66. The smallest absolute Gasteiger partial charge is 0.319 e. The maximum absolute atomic E-state index is 15.7. The topological polar surface area (TPSA) is 116 Å². The molecule has 10 nitrogen and oxygen atoms in total. The number of sulfonamides is 1. The van der Waals surface area contributed by atoms with Gasteiger partial charge in [-0.3, -0.25) is 4.79 Å². The third kappa shape index (κ3) is 8.80. The van der Waals surface area contributed by atoms with Crippen LogP contribution in [0.4, 0.5) is 9.52 Å². The number of hydrogen-bond donors (Lipinski definition) is 1. The molecule has 0 aliphatic heterocycles. The lowest BCUT2D eigenvalue weighted by molar-refractivity contribution is -0.141. The van der Waals surface area contributed by atoms with Crippen molar-refractivity contribution in [1.82, 2.24) is 10.3 Å². The van der Waals surface area contributed by atoms with Crippen LogP contribution in [0.25, 0.3) is 0 Å². The van der Waals surface area contributed by atoms with Gasteiger partial charge in [-0.2, -0.15) is 0 Å². The van der Waals surface area contributed by atoms with Crippen molar-refractivity contribution in [2.45, 2.75) is 31.2 Å². The van der Waals surface area contributed by atoms with Crippen LogP contribution in [0.5, 0.6) is 23.0 Å². The van der Waals surface area contributed by atoms with Gasteiger partial charge in [-0.25, -0.2) is 22.1 Å². The first-order valence-corrected chi connectivity index (χ1v) is 17.1. The number of esters is 1. The van der Waals surface area contributed by atoms with E-state index < -0.39 is 20.7 Å². The van der Waals surface area contributed by atoms with Gasteiger partial charge in [0.1, 0.15) is 33.7 Å². The van der Waals surface area contributed by atoms with E-state index in [-0.39, 0.29) is 35.0 Å². The summed E-state index contributed by atoms with van der Waals surface area (Å²) >= 11 is 13.8.